The minimum atomic E-state index is -0.668. The minimum absolute atomic E-state index is 0.0581. The molecule has 156 valence electrons. The van der Waals surface area contributed by atoms with Gasteiger partial charge in [-0.05, 0) is 48.0 Å². The van der Waals surface area contributed by atoms with Gasteiger partial charge in [-0.15, -0.1) is 0 Å². The molecule has 3 rings (SSSR count). The summed E-state index contributed by atoms with van der Waals surface area (Å²) in [6.45, 7) is 2.14. The summed E-state index contributed by atoms with van der Waals surface area (Å²) in [5.41, 5.74) is 1.59. The molecule has 0 spiro atoms. The van der Waals surface area contributed by atoms with Crippen LogP contribution in [-0.2, 0) is 20.9 Å². The molecule has 1 N–H and O–H groups in total. The van der Waals surface area contributed by atoms with Gasteiger partial charge in [0.1, 0.15) is 11.9 Å². The van der Waals surface area contributed by atoms with Crippen LogP contribution < -0.4 is 5.32 Å². The maximum atomic E-state index is 13.0. The van der Waals surface area contributed by atoms with Gasteiger partial charge in [-0.25, -0.2) is 4.39 Å². The summed E-state index contributed by atoms with van der Waals surface area (Å²) in [5, 5.41) is 2.27. The molecule has 1 saturated heterocycles. The fraction of sp³-hybridized carbons (Fsp3) is 0.227. The number of carbonyl (C=O) groups excluding carboxylic acids is 3. The van der Waals surface area contributed by atoms with Gasteiger partial charge in [-0.2, -0.15) is 0 Å². The van der Waals surface area contributed by atoms with Crippen molar-refractivity contribution in [2.45, 2.75) is 19.6 Å². The van der Waals surface area contributed by atoms with E-state index in [0.29, 0.717) is 12.2 Å². The molecular weight excluding hydrogens is 407 g/mol. The molecule has 2 aromatic carbocycles. The van der Waals surface area contributed by atoms with Crippen molar-refractivity contribution in [1.82, 2.24) is 10.2 Å². The van der Waals surface area contributed by atoms with Crippen molar-refractivity contribution in [2.75, 3.05) is 13.1 Å². The number of benzene rings is 2. The van der Waals surface area contributed by atoms with Crippen LogP contribution in [0.3, 0.4) is 0 Å². The van der Waals surface area contributed by atoms with E-state index in [9.17, 15) is 18.8 Å². The van der Waals surface area contributed by atoms with Crippen LogP contribution in [0.25, 0.3) is 6.08 Å². The van der Waals surface area contributed by atoms with Crippen molar-refractivity contribution >= 4 is 34.9 Å². The predicted molar refractivity (Wildman–Crippen MR) is 113 cm³/mol. The molecule has 1 heterocycles. The van der Waals surface area contributed by atoms with E-state index in [0.717, 1.165) is 22.2 Å². The van der Waals surface area contributed by atoms with Crippen molar-refractivity contribution < 1.29 is 23.5 Å². The molecule has 0 aliphatic carbocycles. The smallest absolute Gasteiger partial charge is 0.293 e. The molecule has 0 bridgehead atoms. The fourth-order valence-corrected chi connectivity index (χ4v) is 3.57. The summed E-state index contributed by atoms with van der Waals surface area (Å²) >= 11 is 0.819. The number of hydrogen-bond donors (Lipinski definition) is 1. The van der Waals surface area contributed by atoms with Crippen LogP contribution in [-0.4, -0.2) is 41.1 Å². The van der Waals surface area contributed by atoms with E-state index in [2.05, 4.69) is 5.32 Å². The number of ether oxygens (including phenoxy) is 1. The molecular formula is C22H21FN2O4S. The summed E-state index contributed by atoms with van der Waals surface area (Å²) in [6.07, 6.45) is 0.876. The zero-order valence-electron chi connectivity index (χ0n) is 16.3. The Balaban J connectivity index is 1.47. The second kappa shape index (κ2) is 10.2. The lowest BCUT2D eigenvalue weighted by Crippen LogP contribution is -2.41. The molecule has 0 aromatic heterocycles. The highest BCUT2D eigenvalue weighted by molar-refractivity contribution is 8.18. The Morgan fingerprint density at radius 1 is 1.17 bits per heavy atom. The fourth-order valence-electron chi connectivity index (χ4n) is 2.71. The standard InChI is InChI=1S/C22H21FN2O4S/c1-15(29-14-17-5-3-2-4-6-17)20(26)24-11-12-25-21(27)19(30-22(25)28)13-16-7-9-18(23)10-8-16/h2-10,13,15H,11-12,14H2,1H3,(H,24,26)/b19-13+. The van der Waals surface area contributed by atoms with Gasteiger partial charge in [0.2, 0.25) is 5.91 Å². The van der Waals surface area contributed by atoms with Crippen LogP contribution in [0.5, 0.6) is 0 Å². The van der Waals surface area contributed by atoms with Crippen molar-refractivity contribution in [3.8, 4) is 0 Å². The first kappa shape index (κ1) is 21.7. The SMILES string of the molecule is CC(OCc1ccccc1)C(=O)NCCN1C(=O)S/C(=C/c2ccc(F)cc2)C1=O. The zero-order chi connectivity index (χ0) is 21.5. The number of hydrogen-bond acceptors (Lipinski definition) is 5. The molecule has 6 nitrogen and oxygen atoms in total. The molecule has 3 amide bonds. The van der Waals surface area contributed by atoms with E-state index in [1.165, 1.54) is 24.3 Å². The highest BCUT2D eigenvalue weighted by Gasteiger charge is 2.34. The molecule has 1 aliphatic rings. The summed E-state index contributed by atoms with van der Waals surface area (Å²) in [4.78, 5) is 38.1. The Morgan fingerprint density at radius 3 is 2.57 bits per heavy atom. The van der Waals surface area contributed by atoms with E-state index < -0.39 is 17.3 Å². The molecule has 1 aliphatic heterocycles. The maximum absolute atomic E-state index is 13.0. The third kappa shape index (κ3) is 5.77. The third-order valence-corrected chi connectivity index (χ3v) is 5.30. The van der Waals surface area contributed by atoms with E-state index in [1.54, 1.807) is 13.0 Å². The lowest BCUT2D eigenvalue weighted by atomic mass is 10.2. The molecule has 1 fully saturated rings. The van der Waals surface area contributed by atoms with E-state index in [-0.39, 0.29) is 29.7 Å². The normalized spacial score (nSPS) is 16.2. The Hall–Kier alpha value is -2.97. The van der Waals surface area contributed by atoms with Crippen LogP contribution in [0.15, 0.2) is 59.5 Å². The monoisotopic (exact) mass is 428 g/mol. The molecule has 1 atom stereocenters. The van der Waals surface area contributed by atoms with Crippen LogP contribution in [0.4, 0.5) is 9.18 Å². The van der Waals surface area contributed by atoms with Gasteiger partial charge in [-0.1, -0.05) is 42.5 Å². The number of amides is 3. The van der Waals surface area contributed by atoms with Crippen molar-refractivity contribution in [2.24, 2.45) is 0 Å². The van der Waals surface area contributed by atoms with E-state index >= 15 is 0 Å². The predicted octanol–water partition coefficient (Wildman–Crippen LogP) is 3.58. The van der Waals surface area contributed by atoms with Crippen molar-refractivity contribution in [3.05, 3.63) is 76.4 Å². The largest absolute Gasteiger partial charge is 0.364 e. The maximum Gasteiger partial charge on any atom is 0.293 e. The molecule has 0 saturated carbocycles. The Kier molecular flexibility index (Phi) is 7.37. The van der Waals surface area contributed by atoms with Crippen molar-refractivity contribution in [1.29, 1.82) is 0 Å². The average molecular weight is 428 g/mol. The van der Waals surface area contributed by atoms with Crippen molar-refractivity contribution in [3.63, 3.8) is 0 Å². The summed E-state index contributed by atoms with van der Waals surface area (Å²) in [7, 11) is 0. The number of thioether (sulfide) groups is 1. The van der Waals surface area contributed by atoms with Gasteiger partial charge in [0.15, 0.2) is 0 Å². The van der Waals surface area contributed by atoms with E-state index in [4.69, 9.17) is 4.74 Å². The quantitative estimate of drug-likeness (QED) is 0.651. The lowest BCUT2D eigenvalue weighted by molar-refractivity contribution is -0.132. The van der Waals surface area contributed by atoms with Crippen LogP contribution in [0, 0.1) is 5.82 Å². The molecule has 2 aromatic rings. The Bertz CT molecular complexity index is 947. The highest BCUT2D eigenvalue weighted by Crippen LogP contribution is 2.31. The second-order valence-electron chi connectivity index (χ2n) is 6.61. The summed E-state index contributed by atoms with van der Waals surface area (Å²) in [5.74, 6) is -1.13. The number of nitrogens with one attached hydrogen (secondary N) is 1. The van der Waals surface area contributed by atoms with Crippen LogP contribution in [0.2, 0.25) is 0 Å². The summed E-state index contributed by atoms with van der Waals surface area (Å²) in [6, 6.07) is 15.1. The molecule has 1 unspecified atom stereocenters. The first-order valence-electron chi connectivity index (χ1n) is 9.38. The molecule has 30 heavy (non-hydrogen) atoms. The van der Waals surface area contributed by atoms with Crippen LogP contribution >= 0.6 is 11.8 Å². The number of imide groups is 1. The lowest BCUT2D eigenvalue weighted by Gasteiger charge is -2.16. The number of halogens is 1. The third-order valence-electron chi connectivity index (χ3n) is 4.39. The average Bonchev–Trinajstić information content (AvgIpc) is 3.01. The molecule has 8 heteroatoms. The van der Waals surface area contributed by atoms with Gasteiger partial charge in [0.05, 0.1) is 11.5 Å². The van der Waals surface area contributed by atoms with Gasteiger partial charge in [0, 0.05) is 13.1 Å². The first-order valence-corrected chi connectivity index (χ1v) is 10.2. The second-order valence-corrected chi connectivity index (χ2v) is 7.61. The topological polar surface area (TPSA) is 75.7 Å². The van der Waals surface area contributed by atoms with Gasteiger partial charge in [-0.3, -0.25) is 19.3 Å². The van der Waals surface area contributed by atoms with Gasteiger partial charge < -0.3 is 10.1 Å². The zero-order valence-corrected chi connectivity index (χ0v) is 17.2. The minimum Gasteiger partial charge on any atom is -0.364 e. The highest BCUT2D eigenvalue weighted by atomic mass is 32.2. The summed E-state index contributed by atoms with van der Waals surface area (Å²) < 4.78 is 18.5. The van der Waals surface area contributed by atoms with Gasteiger partial charge >= 0.3 is 0 Å². The van der Waals surface area contributed by atoms with Crippen LogP contribution in [0.1, 0.15) is 18.1 Å². The van der Waals surface area contributed by atoms with Gasteiger partial charge in [0.25, 0.3) is 11.1 Å². The number of rotatable bonds is 8. The Labute approximate surface area is 178 Å². The number of nitrogens with zero attached hydrogens (tertiary/aromatic N) is 1. The number of carbonyl (C=O) groups is 3. The molecule has 0 radical (unpaired) electrons. The van der Waals surface area contributed by atoms with E-state index in [1.807, 2.05) is 30.3 Å². The Morgan fingerprint density at radius 2 is 1.87 bits per heavy atom. The first-order chi connectivity index (χ1) is 14.4.